The number of carbonyl (C=O) groups is 1. The van der Waals surface area contributed by atoms with Crippen molar-refractivity contribution in [1.29, 1.82) is 0 Å². The van der Waals surface area contributed by atoms with Crippen molar-refractivity contribution in [3.05, 3.63) is 64.6 Å². The van der Waals surface area contributed by atoms with E-state index in [0.717, 1.165) is 16.9 Å². The summed E-state index contributed by atoms with van der Waals surface area (Å²) >= 11 is 0. The van der Waals surface area contributed by atoms with Crippen LogP contribution in [0.15, 0.2) is 51.6 Å². The summed E-state index contributed by atoms with van der Waals surface area (Å²) in [7, 11) is -3.71. The summed E-state index contributed by atoms with van der Waals surface area (Å²) in [5.41, 5.74) is 3.22. The molecule has 0 saturated carbocycles. The van der Waals surface area contributed by atoms with Crippen molar-refractivity contribution in [1.82, 2.24) is 10.0 Å². The van der Waals surface area contributed by atoms with Crippen LogP contribution in [-0.4, -0.2) is 33.3 Å². The predicted octanol–water partition coefficient (Wildman–Crippen LogP) is 2.32. The minimum Gasteiger partial charge on any atom is -0.469 e. The van der Waals surface area contributed by atoms with Gasteiger partial charge in [-0.1, -0.05) is 18.2 Å². The number of amides is 1. The Balaban J connectivity index is 1.70. The first-order valence-corrected chi connectivity index (χ1v) is 10.4. The van der Waals surface area contributed by atoms with Gasteiger partial charge in [-0.25, -0.2) is 8.42 Å². The molecule has 1 amide bonds. The Labute approximate surface area is 164 Å². The molecule has 0 saturated heterocycles. The lowest BCUT2D eigenvalue weighted by atomic mass is 10.0. The predicted molar refractivity (Wildman–Crippen MR) is 108 cm³/mol. The number of nitrogens with one attached hydrogen (secondary N) is 2. The van der Waals surface area contributed by atoms with Crippen molar-refractivity contribution >= 4 is 26.7 Å². The van der Waals surface area contributed by atoms with E-state index in [4.69, 9.17) is 4.42 Å². The number of hydrogen-bond acceptors (Lipinski definition) is 5. The van der Waals surface area contributed by atoms with Gasteiger partial charge < -0.3 is 9.73 Å². The topological polar surface area (TPSA) is 101 Å². The SMILES string of the molecule is CC1=C(c2ccc(C)c(C)c2)S(=O)(=O)NC1=NCC(=O)NCCc1ccco1. The maximum atomic E-state index is 12.6. The van der Waals surface area contributed by atoms with Crippen molar-refractivity contribution in [2.45, 2.75) is 27.2 Å². The molecular weight excluding hydrogens is 378 g/mol. The molecule has 0 spiro atoms. The fourth-order valence-corrected chi connectivity index (χ4v) is 4.47. The summed E-state index contributed by atoms with van der Waals surface area (Å²) in [4.78, 5) is 16.4. The Morgan fingerprint density at radius 1 is 1.18 bits per heavy atom. The van der Waals surface area contributed by atoms with Crippen LogP contribution >= 0.6 is 0 Å². The van der Waals surface area contributed by atoms with Crippen molar-refractivity contribution in [3.63, 3.8) is 0 Å². The highest BCUT2D eigenvalue weighted by Crippen LogP contribution is 2.30. The maximum absolute atomic E-state index is 12.6. The van der Waals surface area contributed by atoms with Crippen molar-refractivity contribution in [2.24, 2.45) is 4.99 Å². The van der Waals surface area contributed by atoms with Crippen molar-refractivity contribution in [2.75, 3.05) is 13.1 Å². The molecule has 0 radical (unpaired) electrons. The van der Waals surface area contributed by atoms with Crippen molar-refractivity contribution < 1.29 is 17.6 Å². The average molecular weight is 401 g/mol. The molecule has 0 unspecified atom stereocenters. The molecule has 1 aromatic heterocycles. The zero-order valence-corrected chi connectivity index (χ0v) is 16.9. The lowest BCUT2D eigenvalue weighted by molar-refractivity contribution is -0.119. The number of sulfonamides is 1. The van der Waals surface area contributed by atoms with Gasteiger partial charge in [0.05, 0.1) is 6.26 Å². The highest BCUT2D eigenvalue weighted by atomic mass is 32.2. The molecular formula is C20H23N3O4S. The normalized spacial score (nSPS) is 17.0. The number of hydrogen-bond donors (Lipinski definition) is 2. The van der Waals surface area contributed by atoms with Crippen LogP contribution < -0.4 is 10.0 Å². The first-order chi connectivity index (χ1) is 13.3. The summed E-state index contributed by atoms with van der Waals surface area (Å²) < 4.78 is 32.8. The largest absolute Gasteiger partial charge is 0.469 e. The van der Waals surface area contributed by atoms with Gasteiger partial charge in [-0.3, -0.25) is 14.5 Å². The van der Waals surface area contributed by atoms with E-state index in [1.165, 1.54) is 0 Å². The van der Waals surface area contributed by atoms with Crippen LogP contribution in [0.3, 0.4) is 0 Å². The van der Waals surface area contributed by atoms with E-state index in [2.05, 4.69) is 15.0 Å². The van der Waals surface area contributed by atoms with Crippen molar-refractivity contribution in [3.8, 4) is 0 Å². The third-order valence-corrected chi connectivity index (χ3v) is 6.16. The van der Waals surface area contributed by atoms with Gasteiger partial charge in [0.15, 0.2) is 0 Å². The van der Waals surface area contributed by atoms with Crippen LogP contribution in [0.2, 0.25) is 0 Å². The van der Waals surface area contributed by atoms with E-state index in [1.54, 1.807) is 25.3 Å². The highest BCUT2D eigenvalue weighted by Gasteiger charge is 2.32. The Kier molecular flexibility index (Phi) is 5.69. The minimum absolute atomic E-state index is 0.159. The zero-order chi connectivity index (χ0) is 20.3. The summed E-state index contributed by atoms with van der Waals surface area (Å²) in [6.07, 6.45) is 2.16. The van der Waals surface area contributed by atoms with E-state index in [1.807, 2.05) is 32.0 Å². The molecule has 148 valence electrons. The van der Waals surface area contributed by atoms with Gasteiger partial charge in [-0.05, 0) is 49.6 Å². The molecule has 0 bridgehead atoms. The molecule has 0 aliphatic carbocycles. The van der Waals surface area contributed by atoms with Crippen LogP contribution in [0, 0.1) is 13.8 Å². The molecule has 1 aliphatic heterocycles. The van der Waals surface area contributed by atoms with Crippen LogP contribution in [0.5, 0.6) is 0 Å². The van der Waals surface area contributed by atoms with Gasteiger partial charge >= 0.3 is 0 Å². The third-order valence-electron chi connectivity index (χ3n) is 4.62. The fraction of sp³-hybridized carbons (Fsp3) is 0.300. The number of benzene rings is 1. The third kappa shape index (κ3) is 4.33. The van der Waals surface area contributed by atoms with Gasteiger partial charge in [-0.15, -0.1) is 0 Å². The minimum atomic E-state index is -3.71. The zero-order valence-electron chi connectivity index (χ0n) is 16.1. The molecule has 2 N–H and O–H groups in total. The molecule has 1 aliphatic rings. The number of nitrogens with zero attached hydrogens (tertiary/aromatic N) is 1. The van der Waals surface area contributed by atoms with Crippen LogP contribution in [0.4, 0.5) is 0 Å². The smallest absolute Gasteiger partial charge is 0.264 e. The number of aliphatic imine (C=N–C) groups is 1. The van der Waals surface area contributed by atoms with Gasteiger partial charge in [0, 0.05) is 18.5 Å². The number of furan rings is 1. The average Bonchev–Trinajstić information content (AvgIpc) is 3.22. The van der Waals surface area contributed by atoms with Gasteiger partial charge in [0.1, 0.15) is 23.0 Å². The van der Waals surface area contributed by atoms with E-state index < -0.39 is 10.0 Å². The Morgan fingerprint density at radius 3 is 2.64 bits per heavy atom. The van der Waals surface area contributed by atoms with Gasteiger partial charge in [-0.2, -0.15) is 0 Å². The standard InChI is InChI=1S/C20H23N3O4S/c1-13-6-7-16(11-14(13)2)19-15(3)20(23-28(19,25)26)22-12-18(24)21-9-8-17-5-4-10-27-17/h4-7,10-11H,8-9,12H2,1-3H3,(H,21,24)(H,22,23). The van der Waals surface area contributed by atoms with Crippen LogP contribution in [-0.2, 0) is 21.2 Å². The maximum Gasteiger partial charge on any atom is 0.264 e. The second-order valence-corrected chi connectivity index (χ2v) is 8.32. The molecule has 0 fully saturated rings. The summed E-state index contributed by atoms with van der Waals surface area (Å²) in [6, 6.07) is 9.14. The molecule has 0 atom stereocenters. The molecule has 2 aromatic rings. The monoisotopic (exact) mass is 401 g/mol. The molecule has 7 nitrogen and oxygen atoms in total. The highest BCUT2D eigenvalue weighted by molar-refractivity contribution is 8.00. The Morgan fingerprint density at radius 2 is 1.96 bits per heavy atom. The first kappa shape index (κ1) is 19.9. The molecule has 8 heteroatoms. The lowest BCUT2D eigenvalue weighted by Gasteiger charge is -2.06. The molecule has 2 heterocycles. The second kappa shape index (κ2) is 8.02. The second-order valence-electron chi connectivity index (χ2n) is 6.70. The van der Waals surface area contributed by atoms with Crippen LogP contribution in [0.1, 0.15) is 29.4 Å². The number of amidine groups is 1. The van der Waals surface area contributed by atoms with Gasteiger partial charge in [0.2, 0.25) is 5.91 Å². The van der Waals surface area contributed by atoms with Gasteiger partial charge in [0.25, 0.3) is 10.0 Å². The number of carbonyl (C=O) groups excluding carboxylic acids is 1. The fourth-order valence-electron chi connectivity index (χ4n) is 2.96. The van der Waals surface area contributed by atoms with E-state index in [9.17, 15) is 13.2 Å². The lowest BCUT2D eigenvalue weighted by Crippen LogP contribution is -2.30. The first-order valence-electron chi connectivity index (χ1n) is 8.93. The summed E-state index contributed by atoms with van der Waals surface area (Å²) in [5, 5.41) is 2.74. The Hall–Kier alpha value is -2.87. The van der Waals surface area contributed by atoms with E-state index in [-0.39, 0.29) is 23.2 Å². The molecule has 1 aromatic carbocycles. The Bertz CT molecular complexity index is 1050. The number of aryl methyl sites for hydroxylation is 2. The van der Waals surface area contributed by atoms with E-state index >= 15 is 0 Å². The van der Waals surface area contributed by atoms with E-state index in [0.29, 0.717) is 24.1 Å². The summed E-state index contributed by atoms with van der Waals surface area (Å²) in [5.74, 6) is 0.701. The molecule has 28 heavy (non-hydrogen) atoms. The number of rotatable bonds is 6. The quantitative estimate of drug-likeness (QED) is 0.776. The van der Waals surface area contributed by atoms with Crippen LogP contribution in [0.25, 0.3) is 4.91 Å². The summed E-state index contributed by atoms with van der Waals surface area (Å²) in [6.45, 7) is 5.86. The molecule has 3 rings (SSSR count).